The molecule has 0 spiro atoms. The molecule has 4 heteroatoms. The molecule has 0 aliphatic carbocycles. The minimum absolute atomic E-state index is 0.679. The first-order valence-electron chi connectivity index (χ1n) is 4.78. The highest BCUT2D eigenvalue weighted by Gasteiger charge is 1.99. The third kappa shape index (κ3) is 2.57. The lowest BCUT2D eigenvalue weighted by Crippen LogP contribution is -2.12. The summed E-state index contributed by atoms with van der Waals surface area (Å²) in [5, 5.41) is 7.14. The van der Waals surface area contributed by atoms with Crippen molar-refractivity contribution in [3.8, 4) is 11.5 Å². The van der Waals surface area contributed by atoms with Gasteiger partial charge in [-0.2, -0.15) is 5.10 Å². The maximum absolute atomic E-state index is 5.59. The van der Waals surface area contributed by atoms with Gasteiger partial charge in [0.25, 0.3) is 0 Å². The van der Waals surface area contributed by atoms with E-state index in [1.807, 2.05) is 43.6 Å². The second-order valence-corrected chi connectivity index (χ2v) is 3.14. The summed E-state index contributed by atoms with van der Waals surface area (Å²) >= 11 is 0. The molecule has 4 nitrogen and oxygen atoms in total. The Balaban J connectivity index is 2.05. The first-order chi connectivity index (χ1) is 7.38. The molecule has 15 heavy (non-hydrogen) atoms. The second kappa shape index (κ2) is 4.61. The first-order valence-corrected chi connectivity index (χ1v) is 4.78. The molecule has 0 saturated carbocycles. The van der Waals surface area contributed by atoms with Gasteiger partial charge in [0.2, 0.25) is 0 Å². The fourth-order valence-electron chi connectivity index (χ4n) is 1.27. The molecule has 1 heterocycles. The predicted octanol–water partition coefficient (Wildman–Crippen LogP) is 1.85. The predicted molar refractivity (Wildman–Crippen MR) is 57.8 cm³/mol. The van der Waals surface area contributed by atoms with E-state index in [0.717, 1.165) is 11.5 Å². The summed E-state index contributed by atoms with van der Waals surface area (Å²) in [4.78, 5) is 0. The van der Waals surface area contributed by atoms with E-state index in [9.17, 15) is 0 Å². The van der Waals surface area contributed by atoms with E-state index >= 15 is 0 Å². The summed E-state index contributed by atoms with van der Waals surface area (Å²) in [6.45, 7) is 0.679. The summed E-state index contributed by atoms with van der Waals surface area (Å²) in [5.41, 5.74) is 0. The molecule has 0 saturated heterocycles. The van der Waals surface area contributed by atoms with Gasteiger partial charge in [-0.3, -0.25) is 4.68 Å². The zero-order chi connectivity index (χ0) is 10.5. The van der Waals surface area contributed by atoms with Crippen LogP contribution in [0.5, 0.6) is 11.5 Å². The molecule has 2 aromatic rings. The number of para-hydroxylation sites is 1. The second-order valence-electron chi connectivity index (χ2n) is 3.14. The lowest BCUT2D eigenvalue weighted by Gasteiger charge is -2.01. The molecule has 0 atom stereocenters. The van der Waals surface area contributed by atoms with E-state index in [-0.39, 0.29) is 0 Å². The molecular weight excluding hydrogens is 190 g/mol. The number of aromatic nitrogens is 2. The largest absolute Gasteiger partial charge is 0.454 e. The van der Waals surface area contributed by atoms with Crippen molar-refractivity contribution in [2.24, 2.45) is 0 Å². The van der Waals surface area contributed by atoms with Crippen LogP contribution in [0.25, 0.3) is 0 Å². The molecule has 0 unspecified atom stereocenters. The standard InChI is InChI=1S/C11H13N3O/c1-12-9-14-8-11(7-13-14)15-10-5-3-2-4-6-10/h2-8,12H,9H2,1H3. The van der Waals surface area contributed by atoms with Crippen molar-refractivity contribution in [2.75, 3.05) is 7.05 Å². The van der Waals surface area contributed by atoms with E-state index in [2.05, 4.69) is 10.4 Å². The van der Waals surface area contributed by atoms with Gasteiger partial charge in [-0.15, -0.1) is 0 Å². The van der Waals surface area contributed by atoms with Gasteiger partial charge in [0.05, 0.1) is 19.1 Å². The van der Waals surface area contributed by atoms with Gasteiger partial charge in [0.1, 0.15) is 5.75 Å². The highest BCUT2D eigenvalue weighted by molar-refractivity contribution is 5.27. The minimum atomic E-state index is 0.679. The third-order valence-corrected chi connectivity index (χ3v) is 1.91. The van der Waals surface area contributed by atoms with Crippen molar-refractivity contribution in [3.05, 3.63) is 42.7 Å². The van der Waals surface area contributed by atoms with Gasteiger partial charge in [-0.1, -0.05) is 18.2 Å². The van der Waals surface area contributed by atoms with Crippen LogP contribution < -0.4 is 10.1 Å². The molecule has 1 aromatic carbocycles. The van der Waals surface area contributed by atoms with E-state index in [1.54, 1.807) is 10.9 Å². The molecule has 1 aromatic heterocycles. The number of ether oxygens (including phenoxy) is 1. The number of hydrogen-bond donors (Lipinski definition) is 1. The van der Waals surface area contributed by atoms with Crippen LogP contribution in [0.2, 0.25) is 0 Å². The molecule has 1 N–H and O–H groups in total. The van der Waals surface area contributed by atoms with Crippen LogP contribution in [0.3, 0.4) is 0 Å². The van der Waals surface area contributed by atoms with Gasteiger partial charge in [0, 0.05) is 0 Å². The summed E-state index contributed by atoms with van der Waals surface area (Å²) < 4.78 is 7.37. The van der Waals surface area contributed by atoms with E-state index in [1.165, 1.54) is 0 Å². The summed E-state index contributed by atoms with van der Waals surface area (Å²) in [6.07, 6.45) is 3.55. The Morgan fingerprint density at radius 3 is 2.80 bits per heavy atom. The quantitative estimate of drug-likeness (QED) is 0.824. The molecule has 2 rings (SSSR count). The normalized spacial score (nSPS) is 10.2. The Morgan fingerprint density at radius 2 is 2.07 bits per heavy atom. The molecular formula is C11H13N3O. The van der Waals surface area contributed by atoms with Crippen LogP contribution in [0.4, 0.5) is 0 Å². The Kier molecular flexibility index (Phi) is 2.99. The van der Waals surface area contributed by atoms with Gasteiger partial charge < -0.3 is 10.1 Å². The molecule has 0 bridgehead atoms. The molecule has 0 aliphatic rings. The Labute approximate surface area is 88.5 Å². The van der Waals surface area contributed by atoms with Crippen molar-refractivity contribution in [3.63, 3.8) is 0 Å². The van der Waals surface area contributed by atoms with Gasteiger partial charge in [0.15, 0.2) is 5.75 Å². The van der Waals surface area contributed by atoms with Crippen LogP contribution in [0, 0.1) is 0 Å². The van der Waals surface area contributed by atoms with Gasteiger partial charge in [-0.25, -0.2) is 0 Å². The fraction of sp³-hybridized carbons (Fsp3) is 0.182. The van der Waals surface area contributed by atoms with Crippen molar-refractivity contribution in [1.29, 1.82) is 0 Å². The third-order valence-electron chi connectivity index (χ3n) is 1.91. The zero-order valence-corrected chi connectivity index (χ0v) is 8.55. The average molecular weight is 203 g/mol. The number of nitrogens with zero attached hydrogens (tertiary/aromatic N) is 2. The monoisotopic (exact) mass is 203 g/mol. The van der Waals surface area contributed by atoms with Gasteiger partial charge in [-0.05, 0) is 19.2 Å². The van der Waals surface area contributed by atoms with Crippen LogP contribution in [-0.2, 0) is 6.67 Å². The van der Waals surface area contributed by atoms with Crippen molar-refractivity contribution in [1.82, 2.24) is 15.1 Å². The Hall–Kier alpha value is -1.81. The number of benzene rings is 1. The van der Waals surface area contributed by atoms with E-state index in [4.69, 9.17) is 4.74 Å². The smallest absolute Gasteiger partial charge is 0.165 e. The fourth-order valence-corrected chi connectivity index (χ4v) is 1.27. The summed E-state index contributed by atoms with van der Waals surface area (Å²) in [6, 6.07) is 9.66. The van der Waals surface area contributed by atoms with Crippen LogP contribution in [-0.4, -0.2) is 16.8 Å². The number of hydrogen-bond acceptors (Lipinski definition) is 3. The zero-order valence-electron chi connectivity index (χ0n) is 8.55. The molecule has 0 fully saturated rings. The van der Waals surface area contributed by atoms with Crippen LogP contribution >= 0.6 is 0 Å². The van der Waals surface area contributed by atoms with E-state index in [0.29, 0.717) is 6.67 Å². The lowest BCUT2D eigenvalue weighted by molar-refractivity contribution is 0.479. The van der Waals surface area contributed by atoms with Crippen molar-refractivity contribution in [2.45, 2.75) is 6.67 Å². The first kappa shape index (κ1) is 9.73. The number of nitrogens with one attached hydrogen (secondary N) is 1. The maximum atomic E-state index is 5.59. The molecule has 0 aliphatic heterocycles. The molecule has 78 valence electrons. The number of rotatable bonds is 4. The van der Waals surface area contributed by atoms with Crippen molar-refractivity contribution < 1.29 is 4.74 Å². The molecule has 0 radical (unpaired) electrons. The van der Waals surface area contributed by atoms with E-state index < -0.39 is 0 Å². The topological polar surface area (TPSA) is 39.1 Å². The minimum Gasteiger partial charge on any atom is -0.454 e. The average Bonchev–Trinajstić information content (AvgIpc) is 2.68. The van der Waals surface area contributed by atoms with Crippen LogP contribution in [0.1, 0.15) is 0 Å². The van der Waals surface area contributed by atoms with Crippen LogP contribution in [0.15, 0.2) is 42.7 Å². The maximum Gasteiger partial charge on any atom is 0.165 e. The summed E-state index contributed by atoms with van der Waals surface area (Å²) in [7, 11) is 1.87. The highest BCUT2D eigenvalue weighted by atomic mass is 16.5. The Bertz CT molecular complexity index is 411. The Morgan fingerprint density at radius 1 is 1.27 bits per heavy atom. The van der Waals surface area contributed by atoms with Gasteiger partial charge >= 0.3 is 0 Å². The SMILES string of the molecule is CNCn1cc(Oc2ccccc2)cn1. The summed E-state index contributed by atoms with van der Waals surface area (Å²) in [5.74, 6) is 1.57. The molecule has 0 amide bonds. The lowest BCUT2D eigenvalue weighted by atomic mass is 10.3. The van der Waals surface area contributed by atoms with Crippen molar-refractivity contribution >= 4 is 0 Å². The highest BCUT2D eigenvalue weighted by Crippen LogP contribution is 2.19.